The van der Waals surface area contributed by atoms with E-state index in [0.29, 0.717) is 38.7 Å². The highest BCUT2D eigenvalue weighted by atomic mass is 32.2. The zero-order valence-corrected chi connectivity index (χ0v) is 29.9. The van der Waals surface area contributed by atoms with Gasteiger partial charge >= 0.3 is 5.97 Å². The maximum absolute atomic E-state index is 12.6. The van der Waals surface area contributed by atoms with Gasteiger partial charge in [0.2, 0.25) is 10.0 Å². The molecule has 0 rings (SSSR count). The topological polar surface area (TPSA) is 81.7 Å². The van der Waals surface area contributed by atoms with Crippen LogP contribution in [0.3, 0.4) is 0 Å². The first kappa shape index (κ1) is 43.0. The van der Waals surface area contributed by atoms with Crippen LogP contribution in [0.4, 0.5) is 0 Å². The molecule has 0 saturated carbocycles. The highest BCUT2D eigenvalue weighted by Crippen LogP contribution is 2.13. The second-order valence-electron chi connectivity index (χ2n) is 12.2. The molecule has 0 heterocycles. The number of hydrogen-bond donors (Lipinski definition) is 1. The molecule has 0 aromatic heterocycles. The molecule has 0 spiro atoms. The van der Waals surface area contributed by atoms with Gasteiger partial charge in [-0.1, -0.05) is 136 Å². The molecule has 45 heavy (non-hydrogen) atoms. The predicted octanol–water partition coefficient (Wildman–Crippen LogP) is 8.87. The number of carbonyl (C=O) groups excluding carboxylic acids is 1. The minimum atomic E-state index is -3.35. The van der Waals surface area contributed by atoms with E-state index in [1.165, 1.54) is 83.5 Å². The number of hydrogen-bond acceptors (Lipinski definition) is 5. The van der Waals surface area contributed by atoms with Crippen LogP contribution in [0.15, 0.2) is 0 Å². The lowest BCUT2D eigenvalue weighted by Crippen LogP contribution is -2.39. The summed E-state index contributed by atoms with van der Waals surface area (Å²) < 4.78 is 39.6. The number of nitrogens with one attached hydrogen (secondary N) is 1. The number of rotatable bonds is 31. The lowest BCUT2D eigenvalue weighted by Gasteiger charge is -2.19. The Labute approximate surface area is 278 Å². The van der Waals surface area contributed by atoms with Crippen LogP contribution in [-0.2, 0) is 24.3 Å². The first-order valence-corrected chi connectivity index (χ1v) is 19.7. The summed E-state index contributed by atoms with van der Waals surface area (Å²) in [5.41, 5.74) is 0. The minimum absolute atomic E-state index is 0.151. The molecule has 0 aliphatic heterocycles. The van der Waals surface area contributed by atoms with Crippen molar-refractivity contribution in [1.82, 2.24) is 4.72 Å². The van der Waals surface area contributed by atoms with Crippen LogP contribution >= 0.6 is 0 Å². The van der Waals surface area contributed by atoms with Gasteiger partial charge in [-0.3, -0.25) is 4.79 Å². The molecule has 0 radical (unpaired) electrons. The van der Waals surface area contributed by atoms with Crippen LogP contribution in [0, 0.1) is 36.0 Å². The average Bonchev–Trinajstić information content (AvgIpc) is 3.02. The number of ether oxygens (including phenoxy) is 2. The molecule has 0 aliphatic rings. The summed E-state index contributed by atoms with van der Waals surface area (Å²) in [4.78, 5) is 12.5. The minimum Gasteiger partial charge on any atom is -0.461 e. The molecule has 1 N–H and O–H groups in total. The van der Waals surface area contributed by atoms with Gasteiger partial charge in [-0.15, -0.1) is 6.42 Å². The molecular formula is C38H65NO5S. The van der Waals surface area contributed by atoms with Crippen LogP contribution in [0.2, 0.25) is 0 Å². The van der Waals surface area contributed by atoms with Gasteiger partial charge in [0, 0.05) is 25.3 Å². The summed E-state index contributed by atoms with van der Waals surface area (Å²) in [5, 5.41) is 0. The van der Waals surface area contributed by atoms with E-state index < -0.39 is 16.1 Å². The van der Waals surface area contributed by atoms with Crippen molar-refractivity contribution in [1.29, 1.82) is 0 Å². The third-order valence-electron chi connectivity index (χ3n) is 7.91. The van der Waals surface area contributed by atoms with Gasteiger partial charge in [-0.2, -0.15) is 0 Å². The van der Waals surface area contributed by atoms with E-state index in [0.717, 1.165) is 32.1 Å². The zero-order chi connectivity index (χ0) is 33.3. The first-order valence-electron chi connectivity index (χ1n) is 18.1. The molecule has 0 unspecified atom stereocenters. The summed E-state index contributed by atoms with van der Waals surface area (Å²) in [5.74, 6) is 12.8. The molecule has 0 aliphatic carbocycles. The van der Waals surface area contributed by atoms with Crippen LogP contribution in [0.5, 0.6) is 0 Å². The molecule has 0 amide bonds. The molecule has 6 nitrogen and oxygen atoms in total. The van der Waals surface area contributed by atoms with Gasteiger partial charge in [-0.05, 0) is 42.9 Å². The number of unbranched alkanes of at least 4 members (excludes halogenated alkanes) is 17. The average molecular weight is 648 g/mol. The number of esters is 1. The Kier molecular flexibility index (Phi) is 30.6. The van der Waals surface area contributed by atoms with Crippen LogP contribution < -0.4 is 4.72 Å². The van der Waals surface area contributed by atoms with Crippen molar-refractivity contribution in [2.45, 2.75) is 181 Å². The second-order valence-corrected chi connectivity index (χ2v) is 14.1. The van der Waals surface area contributed by atoms with E-state index >= 15 is 0 Å². The monoisotopic (exact) mass is 647 g/mol. The van der Waals surface area contributed by atoms with Crippen molar-refractivity contribution in [2.24, 2.45) is 0 Å². The quantitative estimate of drug-likeness (QED) is 0.0462. The fourth-order valence-corrected chi connectivity index (χ4v) is 6.52. The summed E-state index contributed by atoms with van der Waals surface area (Å²) in [6, 6.07) is -0.287. The van der Waals surface area contributed by atoms with E-state index in [-0.39, 0.29) is 24.4 Å². The lowest BCUT2D eigenvalue weighted by atomic mass is 10.1. The molecule has 0 bridgehead atoms. The Bertz CT molecular complexity index is 980. The Morgan fingerprint density at radius 2 is 1.27 bits per heavy atom. The Balaban J connectivity index is 4.41. The maximum atomic E-state index is 12.6. The predicted molar refractivity (Wildman–Crippen MR) is 189 cm³/mol. The highest BCUT2D eigenvalue weighted by Gasteiger charge is 2.18. The fourth-order valence-electron chi connectivity index (χ4n) is 5.07. The summed E-state index contributed by atoms with van der Waals surface area (Å²) in [7, 11) is -3.35. The Morgan fingerprint density at radius 3 is 1.80 bits per heavy atom. The van der Waals surface area contributed by atoms with E-state index in [9.17, 15) is 13.2 Å². The number of carbonyl (C=O) groups is 1. The van der Waals surface area contributed by atoms with Crippen molar-refractivity contribution in [2.75, 3.05) is 19.0 Å². The SMILES string of the molecule is C#CC#CC#CC[C@H](CCOC[C@H](CC)NS(=O)(=O)CCCCCCCCCCCC)OC(=O)CCCCCCCCCCC. The van der Waals surface area contributed by atoms with E-state index in [1.807, 2.05) is 6.92 Å². The fraction of sp³-hybridized carbons (Fsp3) is 0.816. The number of sulfonamides is 1. The lowest BCUT2D eigenvalue weighted by molar-refractivity contribution is -0.149. The van der Waals surface area contributed by atoms with Gasteiger partial charge < -0.3 is 9.47 Å². The van der Waals surface area contributed by atoms with Crippen LogP contribution in [0.25, 0.3) is 0 Å². The summed E-state index contributed by atoms with van der Waals surface area (Å²) in [6.45, 7) is 7.01. The molecule has 7 heteroatoms. The maximum Gasteiger partial charge on any atom is 0.306 e. The highest BCUT2D eigenvalue weighted by molar-refractivity contribution is 7.89. The summed E-state index contributed by atoms with van der Waals surface area (Å²) >= 11 is 0. The van der Waals surface area contributed by atoms with Crippen molar-refractivity contribution in [3.63, 3.8) is 0 Å². The molecule has 0 aromatic rings. The van der Waals surface area contributed by atoms with Crippen molar-refractivity contribution in [3.05, 3.63) is 0 Å². The normalized spacial score (nSPS) is 12.3. The molecule has 0 aromatic carbocycles. The van der Waals surface area contributed by atoms with Crippen LogP contribution in [0.1, 0.15) is 168 Å². The molecule has 258 valence electrons. The molecule has 2 atom stereocenters. The summed E-state index contributed by atoms with van der Waals surface area (Å²) in [6.07, 6.45) is 28.9. The van der Waals surface area contributed by atoms with Crippen LogP contribution in [-0.4, -0.2) is 45.5 Å². The standard InChI is InChI=1S/C38H65NO5S/c1-5-9-12-15-17-19-21-23-26-29-34-45(41,42)39-36(8-4)35-43-33-32-37(30-27-24-14-11-7-3)44-38(40)31-28-25-22-20-18-16-13-10-6-2/h3,36-37,39H,5-6,8-10,12-13,15-23,25-26,28-35H2,1-2,4H3/t36-,37+/m0/s1. The smallest absolute Gasteiger partial charge is 0.306 e. The van der Waals surface area contributed by atoms with Crippen molar-refractivity contribution in [3.8, 4) is 36.0 Å². The third-order valence-corrected chi connectivity index (χ3v) is 9.43. The van der Waals surface area contributed by atoms with Crippen molar-refractivity contribution < 1.29 is 22.7 Å². The Hall–Kier alpha value is -1.98. The number of terminal acetylenes is 1. The molecular weight excluding hydrogens is 582 g/mol. The van der Waals surface area contributed by atoms with E-state index in [2.05, 4.69) is 48.2 Å². The third kappa shape index (κ3) is 30.4. The second kappa shape index (κ2) is 32.0. The first-order chi connectivity index (χ1) is 21.9. The molecule has 0 fully saturated rings. The Morgan fingerprint density at radius 1 is 0.733 bits per heavy atom. The van der Waals surface area contributed by atoms with E-state index in [4.69, 9.17) is 15.9 Å². The van der Waals surface area contributed by atoms with Gasteiger partial charge in [-0.25, -0.2) is 13.1 Å². The van der Waals surface area contributed by atoms with Crippen molar-refractivity contribution >= 4 is 16.0 Å². The van der Waals surface area contributed by atoms with E-state index in [1.54, 1.807) is 0 Å². The zero-order valence-electron chi connectivity index (χ0n) is 29.1. The van der Waals surface area contributed by atoms with Gasteiger partial charge in [0.25, 0.3) is 0 Å². The molecule has 0 saturated heterocycles. The van der Waals surface area contributed by atoms with Gasteiger partial charge in [0.1, 0.15) is 6.10 Å². The van der Waals surface area contributed by atoms with Gasteiger partial charge in [0.05, 0.1) is 19.0 Å². The largest absolute Gasteiger partial charge is 0.461 e. The van der Waals surface area contributed by atoms with Gasteiger partial charge in [0.15, 0.2) is 0 Å².